The number of fused-ring (bicyclic) bond motifs is 1. The second-order valence-corrected chi connectivity index (χ2v) is 5.95. The Bertz CT molecular complexity index is 995. The summed E-state index contributed by atoms with van der Waals surface area (Å²) in [6.07, 6.45) is 7.41. The molecule has 0 bridgehead atoms. The van der Waals surface area contributed by atoms with Crippen molar-refractivity contribution in [2.75, 3.05) is 0 Å². The number of carbonyl (C=O) groups excluding carboxylic acids is 1. The molecule has 4 nitrogen and oxygen atoms in total. The highest BCUT2D eigenvalue weighted by Gasteiger charge is 2.15. The van der Waals surface area contributed by atoms with Crippen molar-refractivity contribution in [2.24, 2.45) is 0 Å². The van der Waals surface area contributed by atoms with E-state index < -0.39 is 0 Å². The second-order valence-electron chi connectivity index (χ2n) is 5.95. The fourth-order valence-electron chi connectivity index (χ4n) is 2.96. The van der Waals surface area contributed by atoms with Crippen LogP contribution in [0.2, 0.25) is 0 Å². The average molecular weight is 315 g/mol. The number of hydrogen-bond donors (Lipinski definition) is 0. The molecule has 0 saturated carbocycles. The van der Waals surface area contributed by atoms with Gasteiger partial charge in [-0.1, -0.05) is 35.9 Å². The Morgan fingerprint density at radius 3 is 2.62 bits per heavy atom. The Morgan fingerprint density at radius 2 is 1.88 bits per heavy atom. The number of aryl methyl sites for hydroxylation is 1. The zero-order valence-electron chi connectivity index (χ0n) is 13.4. The minimum atomic E-state index is -0.0110. The molecule has 2 aromatic carbocycles. The number of carbonyl (C=O) groups is 1. The summed E-state index contributed by atoms with van der Waals surface area (Å²) in [4.78, 5) is 17.0. The topological polar surface area (TPSA) is 39.8 Å². The quantitative estimate of drug-likeness (QED) is 0.575. The fraction of sp³-hybridized carbons (Fsp3) is 0.100. The first-order chi connectivity index (χ1) is 11.7. The molecule has 0 fully saturated rings. The molecule has 0 amide bonds. The second kappa shape index (κ2) is 5.81. The summed E-state index contributed by atoms with van der Waals surface area (Å²) >= 11 is 0. The van der Waals surface area contributed by atoms with E-state index in [0.717, 1.165) is 22.0 Å². The number of rotatable bonds is 3. The number of para-hydroxylation sites is 1. The molecule has 0 atom stereocenters. The van der Waals surface area contributed by atoms with E-state index in [-0.39, 0.29) is 5.91 Å². The van der Waals surface area contributed by atoms with Gasteiger partial charge in [-0.2, -0.15) is 0 Å². The van der Waals surface area contributed by atoms with E-state index in [0.29, 0.717) is 12.1 Å². The van der Waals surface area contributed by atoms with Gasteiger partial charge >= 0.3 is 0 Å². The lowest BCUT2D eigenvalue weighted by atomic mass is 10.1. The van der Waals surface area contributed by atoms with Crippen LogP contribution in [0.1, 0.15) is 21.5 Å². The van der Waals surface area contributed by atoms with Crippen LogP contribution in [0.4, 0.5) is 0 Å². The first-order valence-corrected chi connectivity index (χ1v) is 7.88. The van der Waals surface area contributed by atoms with Gasteiger partial charge < -0.3 is 4.57 Å². The molecule has 0 aliphatic rings. The molecular weight excluding hydrogens is 298 g/mol. The Labute approximate surface area is 140 Å². The van der Waals surface area contributed by atoms with Crippen LogP contribution in [0.5, 0.6) is 0 Å². The molecule has 4 heteroatoms. The molecule has 4 rings (SSSR count). The highest BCUT2D eigenvalue weighted by atomic mass is 16.2. The van der Waals surface area contributed by atoms with Crippen molar-refractivity contribution in [3.8, 4) is 0 Å². The summed E-state index contributed by atoms with van der Waals surface area (Å²) in [5, 5.41) is 1.09. The predicted octanol–water partition coefficient (Wildman–Crippen LogP) is 3.88. The summed E-state index contributed by atoms with van der Waals surface area (Å²) in [7, 11) is 0. The number of imidazole rings is 1. The number of benzene rings is 2. The summed E-state index contributed by atoms with van der Waals surface area (Å²) in [6.45, 7) is 2.71. The van der Waals surface area contributed by atoms with Gasteiger partial charge in [-0.15, -0.1) is 0 Å². The van der Waals surface area contributed by atoms with Gasteiger partial charge in [-0.05, 0) is 30.7 Å². The molecule has 0 N–H and O–H groups in total. The van der Waals surface area contributed by atoms with Crippen LogP contribution in [0.25, 0.3) is 10.9 Å². The van der Waals surface area contributed by atoms with Crippen LogP contribution in [0, 0.1) is 6.92 Å². The maximum Gasteiger partial charge on any atom is 0.262 e. The molecule has 118 valence electrons. The number of hydrogen-bond acceptors (Lipinski definition) is 2. The molecule has 0 unspecified atom stereocenters. The van der Waals surface area contributed by atoms with Gasteiger partial charge in [0.2, 0.25) is 0 Å². The van der Waals surface area contributed by atoms with Gasteiger partial charge in [-0.25, -0.2) is 4.98 Å². The molecule has 0 aliphatic heterocycles. The van der Waals surface area contributed by atoms with Crippen molar-refractivity contribution in [2.45, 2.75) is 13.5 Å². The number of aromatic nitrogens is 3. The monoisotopic (exact) mass is 315 g/mol. The summed E-state index contributed by atoms with van der Waals surface area (Å²) in [5.74, 6) is -0.0110. The Kier molecular flexibility index (Phi) is 3.50. The summed E-state index contributed by atoms with van der Waals surface area (Å²) in [6, 6.07) is 15.7. The van der Waals surface area contributed by atoms with Crippen LogP contribution in [0.3, 0.4) is 0 Å². The molecule has 0 aliphatic carbocycles. The van der Waals surface area contributed by atoms with E-state index >= 15 is 0 Å². The fourth-order valence-corrected chi connectivity index (χ4v) is 2.96. The van der Waals surface area contributed by atoms with E-state index in [1.54, 1.807) is 17.1 Å². The van der Waals surface area contributed by atoms with Crippen molar-refractivity contribution in [3.05, 3.63) is 90.1 Å². The average Bonchev–Trinajstić information content (AvgIpc) is 3.24. The first kappa shape index (κ1) is 14.5. The first-order valence-electron chi connectivity index (χ1n) is 7.88. The number of nitrogens with zero attached hydrogens (tertiary/aromatic N) is 3. The minimum absolute atomic E-state index is 0.0110. The Morgan fingerprint density at radius 1 is 1.08 bits per heavy atom. The minimum Gasteiger partial charge on any atom is -0.333 e. The third-order valence-corrected chi connectivity index (χ3v) is 4.22. The normalized spacial score (nSPS) is 11.0. The van der Waals surface area contributed by atoms with Crippen LogP contribution < -0.4 is 0 Å². The third kappa shape index (κ3) is 2.52. The summed E-state index contributed by atoms with van der Waals surface area (Å²) < 4.78 is 3.74. The van der Waals surface area contributed by atoms with Crippen LogP contribution in [0.15, 0.2) is 73.4 Å². The maximum absolute atomic E-state index is 12.9. The van der Waals surface area contributed by atoms with Crippen molar-refractivity contribution in [1.29, 1.82) is 0 Å². The highest BCUT2D eigenvalue weighted by molar-refractivity contribution is 6.03. The van der Waals surface area contributed by atoms with Crippen LogP contribution in [-0.4, -0.2) is 20.0 Å². The van der Waals surface area contributed by atoms with Crippen molar-refractivity contribution in [3.63, 3.8) is 0 Å². The SMILES string of the molecule is Cc1ccc(C(=O)n2cc(Cn3ccnc3)c3ccccc32)cc1. The van der Waals surface area contributed by atoms with Crippen LogP contribution in [-0.2, 0) is 6.54 Å². The zero-order valence-corrected chi connectivity index (χ0v) is 13.4. The largest absolute Gasteiger partial charge is 0.333 e. The van der Waals surface area contributed by atoms with Crippen molar-refractivity contribution in [1.82, 2.24) is 14.1 Å². The van der Waals surface area contributed by atoms with Gasteiger partial charge in [0, 0.05) is 29.5 Å². The van der Waals surface area contributed by atoms with E-state index in [9.17, 15) is 4.79 Å². The van der Waals surface area contributed by atoms with Gasteiger partial charge in [0.05, 0.1) is 18.4 Å². The zero-order chi connectivity index (χ0) is 16.5. The highest BCUT2D eigenvalue weighted by Crippen LogP contribution is 2.23. The molecule has 4 aromatic rings. The standard InChI is InChI=1S/C20H17N3O/c1-15-6-8-16(9-7-15)20(24)23-13-17(12-22-11-10-21-14-22)18-4-2-3-5-19(18)23/h2-11,13-14H,12H2,1H3. The van der Waals surface area contributed by atoms with Gasteiger partial charge in [-0.3, -0.25) is 9.36 Å². The Hall–Kier alpha value is -3.14. The Balaban J connectivity index is 1.80. The molecule has 0 radical (unpaired) electrons. The molecule has 24 heavy (non-hydrogen) atoms. The molecular formula is C20H17N3O. The van der Waals surface area contributed by atoms with Gasteiger partial charge in [0.25, 0.3) is 5.91 Å². The predicted molar refractivity (Wildman–Crippen MR) is 94.2 cm³/mol. The van der Waals surface area contributed by atoms with Crippen molar-refractivity contribution < 1.29 is 4.79 Å². The van der Waals surface area contributed by atoms with E-state index in [4.69, 9.17) is 0 Å². The van der Waals surface area contributed by atoms with Crippen molar-refractivity contribution >= 4 is 16.8 Å². The molecule has 0 saturated heterocycles. The maximum atomic E-state index is 12.9. The third-order valence-electron chi connectivity index (χ3n) is 4.22. The molecule has 0 spiro atoms. The lowest BCUT2D eigenvalue weighted by Gasteiger charge is -2.04. The lowest BCUT2D eigenvalue weighted by molar-refractivity contribution is 0.0965. The molecule has 2 heterocycles. The van der Waals surface area contributed by atoms with Gasteiger partial charge in [0.15, 0.2) is 0 Å². The summed E-state index contributed by atoms with van der Waals surface area (Å²) in [5.41, 5.74) is 3.86. The van der Waals surface area contributed by atoms with E-state index in [1.807, 2.05) is 66.3 Å². The van der Waals surface area contributed by atoms with Gasteiger partial charge in [0.1, 0.15) is 0 Å². The van der Waals surface area contributed by atoms with E-state index in [2.05, 4.69) is 11.1 Å². The van der Waals surface area contributed by atoms with Crippen LogP contribution >= 0.6 is 0 Å². The lowest BCUT2D eigenvalue weighted by Crippen LogP contribution is -2.10. The smallest absolute Gasteiger partial charge is 0.262 e. The molecule has 2 aromatic heterocycles. The van der Waals surface area contributed by atoms with E-state index in [1.165, 1.54) is 0 Å².